The Morgan fingerprint density at radius 3 is 2.52 bits per heavy atom. The first-order valence-electron chi connectivity index (χ1n) is 10.3. The molecule has 0 spiro atoms. The third-order valence-electron chi connectivity index (χ3n) is 6.00. The molecule has 5 unspecified atom stereocenters. The molecule has 1 aliphatic rings. The fourth-order valence-corrected chi connectivity index (χ4v) is 4.39. The van der Waals surface area contributed by atoms with E-state index in [0.717, 1.165) is 31.6 Å². The van der Waals surface area contributed by atoms with E-state index in [9.17, 15) is 4.79 Å². The molecule has 0 saturated carbocycles. The van der Waals surface area contributed by atoms with E-state index in [1.54, 1.807) is 0 Å². The number of methoxy groups -OCH3 is 1. The fraction of sp³-hybridized carbons (Fsp3) is 0.952. The average molecular weight is 357 g/mol. The van der Waals surface area contributed by atoms with Crippen molar-refractivity contribution in [1.29, 1.82) is 0 Å². The topological polar surface area (TPSA) is 44.8 Å². The van der Waals surface area contributed by atoms with Gasteiger partial charge in [-0.05, 0) is 43.4 Å². The van der Waals surface area contributed by atoms with Crippen LogP contribution in [0.25, 0.3) is 0 Å². The summed E-state index contributed by atoms with van der Waals surface area (Å²) >= 11 is 0. The van der Waals surface area contributed by atoms with Crippen molar-refractivity contribution in [3.05, 3.63) is 0 Å². The summed E-state index contributed by atoms with van der Waals surface area (Å²) in [4.78, 5) is 23.3. The van der Waals surface area contributed by atoms with E-state index >= 15 is 0 Å². The largest absolute Gasteiger partial charge is 0.469 e. The molecule has 5 atom stereocenters. The molecule has 0 amide bonds. The van der Waals surface area contributed by atoms with Gasteiger partial charge in [0, 0.05) is 0 Å². The summed E-state index contributed by atoms with van der Waals surface area (Å²) in [5.74, 6) is 1.55. The number of ether oxygens (including phenoxy) is 1. The van der Waals surface area contributed by atoms with Crippen LogP contribution >= 0.6 is 0 Å². The molecule has 0 aromatic carbocycles. The second kappa shape index (κ2) is 11.2. The molecule has 1 aliphatic heterocycles. The molecule has 1 rings (SSSR count). The van der Waals surface area contributed by atoms with Crippen molar-refractivity contribution in [3.63, 3.8) is 0 Å². The van der Waals surface area contributed by atoms with Crippen LogP contribution in [-0.4, -0.2) is 24.8 Å². The maximum absolute atomic E-state index is 11.6. The number of carbonyl (C=O) groups is 1. The third kappa shape index (κ3) is 6.90. The Labute approximate surface area is 154 Å². The van der Waals surface area contributed by atoms with Crippen LogP contribution in [-0.2, 0) is 19.3 Å². The van der Waals surface area contributed by atoms with Crippen LogP contribution < -0.4 is 0 Å². The van der Waals surface area contributed by atoms with E-state index in [-0.39, 0.29) is 24.1 Å². The molecule has 0 radical (unpaired) electrons. The number of hydrogen-bond donors (Lipinski definition) is 0. The van der Waals surface area contributed by atoms with Gasteiger partial charge < -0.3 is 4.74 Å². The Balaban J connectivity index is 2.68. The molecule has 4 nitrogen and oxygen atoms in total. The van der Waals surface area contributed by atoms with Crippen LogP contribution in [0.3, 0.4) is 0 Å². The zero-order valence-corrected chi connectivity index (χ0v) is 17.3. The normalized spacial score (nSPS) is 29.2. The van der Waals surface area contributed by atoms with Crippen LogP contribution in [0.1, 0.15) is 92.4 Å². The lowest BCUT2D eigenvalue weighted by Crippen LogP contribution is -2.46. The summed E-state index contributed by atoms with van der Waals surface area (Å²) in [7, 11) is 1.42. The third-order valence-corrected chi connectivity index (χ3v) is 6.00. The maximum atomic E-state index is 11.6. The molecule has 1 saturated heterocycles. The molecule has 148 valence electrons. The second-order valence-electron chi connectivity index (χ2n) is 8.02. The van der Waals surface area contributed by atoms with Crippen molar-refractivity contribution in [2.75, 3.05) is 7.11 Å². The van der Waals surface area contributed by atoms with Crippen molar-refractivity contribution >= 4 is 5.97 Å². The van der Waals surface area contributed by atoms with Crippen LogP contribution in [0.5, 0.6) is 0 Å². The standard InChI is InChI=1S/C21H40O4/c1-7-11-17(8-2)12-16(5)14-21(10-4)15-18(9-3)19(24-25-21)13-20(22)23-6/h16-19H,7-15H2,1-6H3. The van der Waals surface area contributed by atoms with Gasteiger partial charge in [-0.25, -0.2) is 9.78 Å². The number of carbonyl (C=O) groups excluding carboxylic acids is 1. The molecule has 0 aliphatic carbocycles. The maximum Gasteiger partial charge on any atom is 0.308 e. The van der Waals surface area contributed by atoms with Crippen molar-refractivity contribution in [3.8, 4) is 0 Å². The van der Waals surface area contributed by atoms with Gasteiger partial charge in [-0.15, -0.1) is 0 Å². The van der Waals surface area contributed by atoms with E-state index in [4.69, 9.17) is 14.5 Å². The second-order valence-corrected chi connectivity index (χ2v) is 8.02. The van der Waals surface area contributed by atoms with Crippen LogP contribution in [0, 0.1) is 17.8 Å². The summed E-state index contributed by atoms with van der Waals surface area (Å²) < 4.78 is 4.79. The molecule has 1 heterocycles. The first kappa shape index (κ1) is 22.4. The quantitative estimate of drug-likeness (QED) is 0.352. The Morgan fingerprint density at radius 2 is 2.00 bits per heavy atom. The van der Waals surface area contributed by atoms with Crippen molar-refractivity contribution in [1.82, 2.24) is 0 Å². The highest BCUT2D eigenvalue weighted by molar-refractivity contribution is 5.69. The zero-order valence-electron chi connectivity index (χ0n) is 17.3. The van der Waals surface area contributed by atoms with E-state index in [1.165, 1.54) is 32.8 Å². The van der Waals surface area contributed by atoms with Crippen molar-refractivity contribution < 1.29 is 19.3 Å². The van der Waals surface area contributed by atoms with Gasteiger partial charge in [0.25, 0.3) is 0 Å². The summed E-state index contributed by atoms with van der Waals surface area (Å²) in [5.41, 5.74) is -0.211. The van der Waals surface area contributed by atoms with Gasteiger partial charge in [0.1, 0.15) is 11.7 Å². The number of rotatable bonds is 11. The highest BCUT2D eigenvalue weighted by Crippen LogP contribution is 2.41. The molecule has 0 bridgehead atoms. The minimum Gasteiger partial charge on any atom is -0.469 e. The van der Waals surface area contributed by atoms with Gasteiger partial charge in [-0.2, -0.15) is 0 Å². The summed E-state index contributed by atoms with van der Waals surface area (Å²) in [5, 5.41) is 0. The van der Waals surface area contributed by atoms with Gasteiger partial charge in [0.2, 0.25) is 0 Å². The Bertz CT molecular complexity index is 384. The Morgan fingerprint density at radius 1 is 1.28 bits per heavy atom. The van der Waals surface area contributed by atoms with E-state index in [1.807, 2.05) is 0 Å². The lowest BCUT2D eigenvalue weighted by atomic mass is 9.75. The molecule has 0 aromatic rings. The van der Waals surface area contributed by atoms with Gasteiger partial charge in [-0.1, -0.05) is 60.3 Å². The van der Waals surface area contributed by atoms with Crippen LogP contribution in [0.2, 0.25) is 0 Å². The van der Waals surface area contributed by atoms with Gasteiger partial charge in [0.15, 0.2) is 0 Å². The average Bonchev–Trinajstić information content (AvgIpc) is 2.62. The molecule has 4 heteroatoms. The molecule has 1 fully saturated rings. The lowest BCUT2D eigenvalue weighted by molar-refractivity contribution is -0.424. The zero-order chi connectivity index (χ0) is 18.9. The number of esters is 1. The van der Waals surface area contributed by atoms with Gasteiger partial charge in [0.05, 0.1) is 13.5 Å². The summed E-state index contributed by atoms with van der Waals surface area (Å²) in [6.45, 7) is 11.3. The summed E-state index contributed by atoms with van der Waals surface area (Å²) in [6, 6.07) is 0. The van der Waals surface area contributed by atoms with Gasteiger partial charge in [-0.3, -0.25) is 4.79 Å². The predicted octanol–water partition coefficient (Wildman–Crippen LogP) is 5.69. The first-order chi connectivity index (χ1) is 11.9. The van der Waals surface area contributed by atoms with E-state index in [0.29, 0.717) is 11.8 Å². The molecular formula is C21H40O4. The van der Waals surface area contributed by atoms with E-state index < -0.39 is 0 Å². The Kier molecular flexibility index (Phi) is 10.0. The van der Waals surface area contributed by atoms with E-state index in [2.05, 4.69) is 34.6 Å². The van der Waals surface area contributed by atoms with Gasteiger partial charge >= 0.3 is 5.97 Å². The first-order valence-corrected chi connectivity index (χ1v) is 10.3. The van der Waals surface area contributed by atoms with Crippen LogP contribution in [0.4, 0.5) is 0 Å². The molecule has 0 aromatic heterocycles. The molecule has 25 heavy (non-hydrogen) atoms. The highest BCUT2D eigenvalue weighted by atomic mass is 17.2. The van der Waals surface area contributed by atoms with Crippen molar-refractivity contribution in [2.45, 2.75) is 104 Å². The summed E-state index contributed by atoms with van der Waals surface area (Å²) in [6.07, 6.45) is 9.13. The van der Waals surface area contributed by atoms with Crippen LogP contribution in [0.15, 0.2) is 0 Å². The highest BCUT2D eigenvalue weighted by Gasteiger charge is 2.43. The molecular weight excluding hydrogens is 316 g/mol. The smallest absolute Gasteiger partial charge is 0.308 e. The lowest BCUT2D eigenvalue weighted by Gasteiger charge is -2.44. The fourth-order valence-electron chi connectivity index (χ4n) is 4.39. The Hall–Kier alpha value is -0.610. The molecule has 0 N–H and O–H groups in total. The minimum absolute atomic E-state index is 0.184. The number of hydrogen-bond acceptors (Lipinski definition) is 4. The predicted molar refractivity (Wildman–Crippen MR) is 101 cm³/mol. The minimum atomic E-state index is -0.227. The SMILES string of the molecule is CCCC(CC)CC(C)CC1(CC)CC(CC)C(CC(=O)OC)OO1. The monoisotopic (exact) mass is 356 g/mol. The van der Waals surface area contributed by atoms with Crippen molar-refractivity contribution in [2.24, 2.45) is 17.8 Å².